The molecule has 4 rings (SSSR count). The molecule has 0 aliphatic carbocycles. The number of rotatable bonds is 5. The number of aromatic nitrogens is 3. The van der Waals surface area contributed by atoms with Gasteiger partial charge in [0.1, 0.15) is 0 Å². The summed E-state index contributed by atoms with van der Waals surface area (Å²) in [5.41, 5.74) is 2.26. The summed E-state index contributed by atoms with van der Waals surface area (Å²) in [5, 5.41) is 9.01. The van der Waals surface area contributed by atoms with E-state index in [0.717, 1.165) is 23.8 Å². The molecule has 134 valence electrons. The second kappa shape index (κ2) is 6.99. The number of carbonyl (C=O) groups excluding carboxylic acids is 1. The molecule has 2 aromatic heterocycles. The quantitative estimate of drug-likeness (QED) is 0.644. The van der Waals surface area contributed by atoms with Crippen LogP contribution < -0.4 is 4.90 Å². The zero-order valence-electron chi connectivity index (χ0n) is 14.8. The molecule has 3 heterocycles. The van der Waals surface area contributed by atoms with Crippen LogP contribution in [0.15, 0.2) is 52.2 Å². The fourth-order valence-electron chi connectivity index (χ4n) is 3.24. The van der Waals surface area contributed by atoms with Gasteiger partial charge in [0.15, 0.2) is 16.7 Å². The Morgan fingerprint density at radius 1 is 1.27 bits per heavy atom. The largest absolute Gasteiger partial charge is 0.461 e. The average molecular weight is 368 g/mol. The van der Waals surface area contributed by atoms with Gasteiger partial charge in [0, 0.05) is 18.8 Å². The SMILES string of the molecule is CCn1c(S[C@@H](C)C(=O)N2CCc3ccccc32)nnc1-c1ccco1. The van der Waals surface area contributed by atoms with Gasteiger partial charge < -0.3 is 9.32 Å². The summed E-state index contributed by atoms with van der Waals surface area (Å²) in [5.74, 6) is 1.47. The Hall–Kier alpha value is -2.54. The first-order valence-corrected chi connectivity index (χ1v) is 9.60. The highest BCUT2D eigenvalue weighted by Crippen LogP contribution is 2.32. The summed E-state index contributed by atoms with van der Waals surface area (Å²) in [6.45, 7) is 5.40. The number of thioether (sulfide) groups is 1. The maximum Gasteiger partial charge on any atom is 0.240 e. The van der Waals surface area contributed by atoms with Crippen molar-refractivity contribution in [3.63, 3.8) is 0 Å². The molecule has 0 bridgehead atoms. The first-order valence-electron chi connectivity index (χ1n) is 8.72. The highest BCUT2D eigenvalue weighted by molar-refractivity contribution is 8.00. The van der Waals surface area contributed by atoms with Gasteiger partial charge in [0.25, 0.3) is 0 Å². The molecule has 1 aliphatic heterocycles. The Labute approximate surface area is 156 Å². The molecule has 0 saturated heterocycles. The van der Waals surface area contributed by atoms with Gasteiger partial charge in [-0.3, -0.25) is 9.36 Å². The van der Waals surface area contributed by atoms with E-state index in [2.05, 4.69) is 16.3 Å². The van der Waals surface area contributed by atoms with Gasteiger partial charge in [-0.2, -0.15) is 0 Å². The fraction of sp³-hybridized carbons (Fsp3) is 0.316. The predicted molar refractivity (Wildman–Crippen MR) is 101 cm³/mol. The van der Waals surface area contributed by atoms with E-state index >= 15 is 0 Å². The minimum Gasteiger partial charge on any atom is -0.461 e. The van der Waals surface area contributed by atoms with Gasteiger partial charge >= 0.3 is 0 Å². The molecule has 0 radical (unpaired) electrons. The first-order chi connectivity index (χ1) is 12.7. The maximum atomic E-state index is 13.0. The second-order valence-electron chi connectivity index (χ2n) is 6.16. The smallest absolute Gasteiger partial charge is 0.240 e. The van der Waals surface area contributed by atoms with Crippen LogP contribution >= 0.6 is 11.8 Å². The number of furan rings is 1. The summed E-state index contributed by atoms with van der Waals surface area (Å²) in [6, 6.07) is 11.8. The lowest BCUT2D eigenvalue weighted by Gasteiger charge is -2.21. The van der Waals surface area contributed by atoms with Crippen LogP contribution in [0.5, 0.6) is 0 Å². The van der Waals surface area contributed by atoms with E-state index in [1.54, 1.807) is 6.26 Å². The standard InChI is InChI=1S/C19H20N4O2S/c1-3-22-17(16-9-6-12-25-16)20-21-19(22)26-13(2)18(24)23-11-10-14-7-4-5-8-15(14)23/h4-9,12-13H,3,10-11H2,1-2H3/t13-/m0/s1. The molecular weight excluding hydrogens is 348 g/mol. The zero-order chi connectivity index (χ0) is 18.1. The number of para-hydroxylation sites is 1. The molecule has 0 unspecified atom stereocenters. The molecular formula is C19H20N4O2S. The lowest BCUT2D eigenvalue weighted by atomic mass is 10.2. The molecule has 1 amide bonds. The molecule has 7 heteroatoms. The van der Waals surface area contributed by atoms with Crippen LogP contribution in [0.25, 0.3) is 11.6 Å². The van der Waals surface area contributed by atoms with E-state index in [9.17, 15) is 4.79 Å². The van der Waals surface area contributed by atoms with Crippen LogP contribution in [-0.2, 0) is 17.8 Å². The molecule has 26 heavy (non-hydrogen) atoms. The fourth-order valence-corrected chi connectivity index (χ4v) is 4.22. The van der Waals surface area contributed by atoms with E-state index in [1.165, 1.54) is 17.3 Å². The Balaban J connectivity index is 1.54. The Kier molecular flexibility index (Phi) is 4.55. The highest BCUT2D eigenvalue weighted by Gasteiger charge is 2.29. The van der Waals surface area contributed by atoms with Gasteiger partial charge in [-0.15, -0.1) is 10.2 Å². The average Bonchev–Trinajstić information content (AvgIpc) is 3.39. The third-order valence-electron chi connectivity index (χ3n) is 4.56. The van der Waals surface area contributed by atoms with Crippen molar-refractivity contribution < 1.29 is 9.21 Å². The van der Waals surface area contributed by atoms with Gasteiger partial charge in [-0.1, -0.05) is 30.0 Å². The molecule has 3 aromatic rings. The van der Waals surface area contributed by atoms with E-state index in [1.807, 2.05) is 53.6 Å². The van der Waals surface area contributed by atoms with Crippen molar-refractivity contribution in [3.05, 3.63) is 48.2 Å². The van der Waals surface area contributed by atoms with Crippen LogP contribution in [0.3, 0.4) is 0 Å². The molecule has 0 saturated carbocycles. The number of nitrogens with zero attached hydrogens (tertiary/aromatic N) is 4. The lowest BCUT2D eigenvalue weighted by molar-refractivity contribution is -0.117. The van der Waals surface area contributed by atoms with E-state index in [4.69, 9.17) is 4.42 Å². The van der Waals surface area contributed by atoms with Crippen molar-refractivity contribution in [1.29, 1.82) is 0 Å². The van der Waals surface area contributed by atoms with Gasteiger partial charge in [0.2, 0.25) is 5.91 Å². The lowest BCUT2D eigenvalue weighted by Crippen LogP contribution is -2.35. The maximum absolute atomic E-state index is 13.0. The molecule has 0 N–H and O–H groups in total. The van der Waals surface area contributed by atoms with Crippen molar-refractivity contribution in [2.75, 3.05) is 11.4 Å². The summed E-state index contributed by atoms with van der Waals surface area (Å²) < 4.78 is 7.42. The third-order valence-corrected chi connectivity index (χ3v) is 5.63. The van der Waals surface area contributed by atoms with Crippen LogP contribution in [-0.4, -0.2) is 32.5 Å². The van der Waals surface area contributed by atoms with Crippen molar-refractivity contribution in [3.8, 4) is 11.6 Å². The number of amides is 1. The minimum absolute atomic E-state index is 0.102. The number of anilines is 1. The molecule has 6 nitrogen and oxygen atoms in total. The molecule has 1 aromatic carbocycles. The van der Waals surface area contributed by atoms with Gasteiger partial charge in [-0.05, 0) is 44.0 Å². The number of hydrogen-bond donors (Lipinski definition) is 0. The van der Waals surface area contributed by atoms with Gasteiger partial charge in [-0.25, -0.2) is 0 Å². The van der Waals surface area contributed by atoms with E-state index < -0.39 is 0 Å². The summed E-state index contributed by atoms with van der Waals surface area (Å²) in [7, 11) is 0. The molecule has 0 spiro atoms. The molecule has 1 atom stereocenters. The minimum atomic E-state index is -0.250. The summed E-state index contributed by atoms with van der Waals surface area (Å²) in [4.78, 5) is 14.9. The number of hydrogen-bond acceptors (Lipinski definition) is 5. The summed E-state index contributed by atoms with van der Waals surface area (Å²) >= 11 is 1.44. The zero-order valence-corrected chi connectivity index (χ0v) is 15.6. The first kappa shape index (κ1) is 16.9. The van der Waals surface area contributed by atoms with Crippen molar-refractivity contribution in [2.24, 2.45) is 0 Å². The van der Waals surface area contributed by atoms with Crippen LogP contribution in [0.4, 0.5) is 5.69 Å². The molecule has 0 fully saturated rings. The number of carbonyl (C=O) groups is 1. The van der Waals surface area contributed by atoms with E-state index in [0.29, 0.717) is 18.1 Å². The Morgan fingerprint density at radius 2 is 2.12 bits per heavy atom. The van der Waals surface area contributed by atoms with Crippen LogP contribution in [0.2, 0.25) is 0 Å². The monoisotopic (exact) mass is 368 g/mol. The van der Waals surface area contributed by atoms with Crippen molar-refractivity contribution >= 4 is 23.4 Å². The van der Waals surface area contributed by atoms with Crippen molar-refractivity contribution in [2.45, 2.75) is 37.2 Å². The number of fused-ring (bicyclic) bond motifs is 1. The van der Waals surface area contributed by atoms with E-state index in [-0.39, 0.29) is 11.2 Å². The van der Waals surface area contributed by atoms with Crippen LogP contribution in [0, 0.1) is 0 Å². The van der Waals surface area contributed by atoms with Crippen LogP contribution in [0.1, 0.15) is 19.4 Å². The van der Waals surface area contributed by atoms with Crippen molar-refractivity contribution in [1.82, 2.24) is 14.8 Å². The normalized spacial score (nSPS) is 14.5. The Bertz CT molecular complexity index is 920. The second-order valence-corrected chi connectivity index (χ2v) is 7.46. The Morgan fingerprint density at radius 3 is 2.88 bits per heavy atom. The predicted octanol–water partition coefficient (Wildman–Crippen LogP) is 3.63. The topological polar surface area (TPSA) is 64.2 Å². The third kappa shape index (κ3) is 2.92. The molecule has 1 aliphatic rings. The highest BCUT2D eigenvalue weighted by atomic mass is 32.2. The number of benzene rings is 1. The summed E-state index contributed by atoms with van der Waals surface area (Å²) in [6.07, 6.45) is 2.53. The van der Waals surface area contributed by atoms with Gasteiger partial charge in [0.05, 0.1) is 11.5 Å².